The molecule has 3 saturated carbocycles. The third-order valence-electron chi connectivity index (χ3n) is 8.35. The van der Waals surface area contributed by atoms with Crippen LogP contribution in [0.4, 0.5) is 0 Å². The van der Waals surface area contributed by atoms with E-state index in [1.165, 1.54) is 26.2 Å². The topological polar surface area (TPSA) is 55.8 Å². The van der Waals surface area contributed by atoms with Crippen LogP contribution >= 0.6 is 0 Å². The lowest BCUT2D eigenvalue weighted by atomic mass is 9.50. The van der Waals surface area contributed by atoms with Gasteiger partial charge >= 0.3 is 5.97 Å². The largest absolute Gasteiger partial charge is 0.462 e. The summed E-state index contributed by atoms with van der Waals surface area (Å²) in [5.74, 6) is 2.01. The average Bonchev–Trinajstić information content (AvgIpc) is 2.97. The molecule has 1 N–H and O–H groups in total. The molecule has 0 aliphatic heterocycles. The standard InChI is InChI=1S/C22H32O4/c1-4-15-6-8-19-18-7-5-16-13-17(25-14(2)23)9-12-22(16,26-24)20(18)10-11-21(15,19)3/h4-5,15,17-20,24H,1,6-13H2,2-3H3/t15-,17-,18-,19-,20-,21+,22+/m0/s1. The molecule has 0 aromatic heterocycles. The van der Waals surface area contributed by atoms with Crippen LogP contribution in [-0.2, 0) is 14.4 Å². The summed E-state index contributed by atoms with van der Waals surface area (Å²) >= 11 is 0. The Labute approximate surface area is 156 Å². The first-order chi connectivity index (χ1) is 12.4. The second-order valence-corrected chi connectivity index (χ2v) is 9.26. The number of ether oxygens (including phenoxy) is 1. The molecule has 4 aliphatic rings. The molecule has 0 heterocycles. The van der Waals surface area contributed by atoms with Crippen molar-refractivity contribution in [2.45, 2.75) is 76.9 Å². The highest BCUT2D eigenvalue weighted by Gasteiger charge is 2.60. The van der Waals surface area contributed by atoms with E-state index in [1.807, 2.05) is 0 Å². The van der Waals surface area contributed by atoms with E-state index in [-0.39, 0.29) is 12.1 Å². The average molecular weight is 360 g/mol. The second-order valence-electron chi connectivity index (χ2n) is 9.26. The lowest BCUT2D eigenvalue weighted by Crippen LogP contribution is -2.56. The molecule has 4 rings (SSSR count). The second kappa shape index (κ2) is 6.49. The van der Waals surface area contributed by atoms with Gasteiger partial charge in [-0.05, 0) is 79.6 Å². The molecule has 0 aromatic carbocycles. The minimum atomic E-state index is -0.562. The van der Waals surface area contributed by atoms with E-state index in [0.717, 1.165) is 31.3 Å². The van der Waals surface area contributed by atoms with Gasteiger partial charge in [-0.2, -0.15) is 0 Å². The monoisotopic (exact) mass is 360 g/mol. The van der Waals surface area contributed by atoms with Crippen molar-refractivity contribution in [2.24, 2.45) is 29.1 Å². The van der Waals surface area contributed by atoms with Gasteiger partial charge in [-0.3, -0.25) is 10.1 Å². The molecule has 0 radical (unpaired) electrons. The molecule has 4 nitrogen and oxygen atoms in total. The van der Waals surface area contributed by atoms with Crippen LogP contribution in [0.1, 0.15) is 65.2 Å². The number of hydrogen-bond donors (Lipinski definition) is 1. The zero-order chi connectivity index (χ0) is 18.5. The van der Waals surface area contributed by atoms with Crippen molar-refractivity contribution in [1.29, 1.82) is 0 Å². The predicted molar refractivity (Wildman–Crippen MR) is 99.3 cm³/mol. The number of carbonyl (C=O) groups is 1. The summed E-state index contributed by atoms with van der Waals surface area (Å²) in [5, 5.41) is 10.0. The first kappa shape index (κ1) is 18.2. The molecule has 0 aromatic rings. The minimum Gasteiger partial charge on any atom is -0.462 e. The minimum absolute atomic E-state index is 0.0796. The number of rotatable bonds is 3. The number of esters is 1. The summed E-state index contributed by atoms with van der Waals surface area (Å²) in [7, 11) is 0. The Morgan fingerprint density at radius 1 is 1.27 bits per heavy atom. The van der Waals surface area contributed by atoms with Crippen molar-refractivity contribution >= 4 is 5.97 Å². The zero-order valence-electron chi connectivity index (χ0n) is 16.1. The zero-order valence-corrected chi connectivity index (χ0v) is 16.1. The van der Waals surface area contributed by atoms with Crippen LogP contribution in [0.5, 0.6) is 0 Å². The van der Waals surface area contributed by atoms with E-state index >= 15 is 0 Å². The Morgan fingerprint density at radius 3 is 2.77 bits per heavy atom. The molecule has 0 spiro atoms. The van der Waals surface area contributed by atoms with Crippen LogP contribution in [0.15, 0.2) is 24.3 Å². The van der Waals surface area contributed by atoms with Gasteiger partial charge in [-0.1, -0.05) is 19.1 Å². The summed E-state index contributed by atoms with van der Waals surface area (Å²) in [4.78, 5) is 16.6. The fraction of sp³-hybridized carbons (Fsp3) is 0.773. The van der Waals surface area contributed by atoms with Crippen LogP contribution in [0.3, 0.4) is 0 Å². The van der Waals surface area contributed by atoms with Gasteiger partial charge in [0.2, 0.25) is 0 Å². The Hall–Kier alpha value is -1.13. The van der Waals surface area contributed by atoms with Gasteiger partial charge in [-0.15, -0.1) is 6.58 Å². The molecule has 4 aliphatic carbocycles. The van der Waals surface area contributed by atoms with Crippen molar-refractivity contribution in [1.82, 2.24) is 0 Å². The van der Waals surface area contributed by atoms with Crippen molar-refractivity contribution in [2.75, 3.05) is 0 Å². The Balaban J connectivity index is 1.62. The quantitative estimate of drug-likeness (QED) is 0.336. The predicted octanol–water partition coefficient (Wildman–Crippen LogP) is 4.91. The van der Waals surface area contributed by atoms with E-state index < -0.39 is 5.60 Å². The van der Waals surface area contributed by atoms with Gasteiger partial charge in [0.15, 0.2) is 0 Å². The highest BCUT2D eigenvalue weighted by atomic mass is 17.1. The summed E-state index contributed by atoms with van der Waals surface area (Å²) in [6, 6.07) is 0. The molecule has 0 amide bonds. The normalized spacial score (nSPS) is 47.2. The van der Waals surface area contributed by atoms with E-state index in [9.17, 15) is 10.1 Å². The van der Waals surface area contributed by atoms with Crippen molar-refractivity contribution in [3.8, 4) is 0 Å². The van der Waals surface area contributed by atoms with E-state index in [2.05, 4.69) is 25.7 Å². The SMILES string of the molecule is C=C[C@H]1CC[C@H]2[C@@H]3CC=C4C[C@@H](OC(C)=O)CC[C@]4(OO)[C@H]3CC[C@]12C. The third-order valence-corrected chi connectivity index (χ3v) is 8.35. The van der Waals surface area contributed by atoms with Crippen LogP contribution in [-0.4, -0.2) is 22.9 Å². The van der Waals surface area contributed by atoms with Crippen LogP contribution in [0.25, 0.3) is 0 Å². The van der Waals surface area contributed by atoms with E-state index in [1.54, 1.807) is 0 Å². The van der Waals surface area contributed by atoms with Crippen LogP contribution < -0.4 is 0 Å². The fourth-order valence-corrected chi connectivity index (χ4v) is 7.14. The molecule has 4 heteroatoms. The number of carbonyl (C=O) groups excluding carboxylic acids is 1. The van der Waals surface area contributed by atoms with Crippen molar-refractivity contribution in [3.63, 3.8) is 0 Å². The molecule has 0 saturated heterocycles. The van der Waals surface area contributed by atoms with Crippen LogP contribution in [0, 0.1) is 29.1 Å². The Bertz CT molecular complexity index is 626. The third kappa shape index (κ3) is 2.52. The van der Waals surface area contributed by atoms with E-state index in [4.69, 9.17) is 9.62 Å². The van der Waals surface area contributed by atoms with Gasteiger partial charge in [-0.25, -0.2) is 4.89 Å². The molecule has 0 bridgehead atoms. The molecule has 144 valence electrons. The smallest absolute Gasteiger partial charge is 0.302 e. The maximum atomic E-state index is 11.3. The maximum absolute atomic E-state index is 11.3. The van der Waals surface area contributed by atoms with Gasteiger partial charge in [0.1, 0.15) is 11.7 Å². The van der Waals surface area contributed by atoms with E-state index in [0.29, 0.717) is 35.5 Å². The first-order valence-electron chi connectivity index (χ1n) is 10.3. The Morgan fingerprint density at radius 2 is 2.08 bits per heavy atom. The summed E-state index contributed by atoms with van der Waals surface area (Å²) in [6.45, 7) is 8.01. The molecule has 7 atom stereocenters. The van der Waals surface area contributed by atoms with Gasteiger partial charge < -0.3 is 4.74 Å². The highest BCUT2D eigenvalue weighted by molar-refractivity contribution is 5.66. The summed E-state index contributed by atoms with van der Waals surface area (Å²) in [5.41, 5.74) is 0.938. The molecule has 26 heavy (non-hydrogen) atoms. The molecule has 3 fully saturated rings. The van der Waals surface area contributed by atoms with Crippen molar-refractivity contribution < 1.29 is 19.7 Å². The van der Waals surface area contributed by atoms with Gasteiger partial charge in [0.05, 0.1) is 0 Å². The summed E-state index contributed by atoms with van der Waals surface area (Å²) < 4.78 is 5.45. The summed E-state index contributed by atoms with van der Waals surface area (Å²) in [6.07, 6.45) is 12.4. The first-order valence-corrected chi connectivity index (χ1v) is 10.3. The number of allylic oxidation sites excluding steroid dienone is 2. The number of hydrogen-bond acceptors (Lipinski definition) is 4. The molecule has 0 unspecified atom stereocenters. The van der Waals surface area contributed by atoms with Crippen molar-refractivity contribution in [3.05, 3.63) is 24.3 Å². The fourth-order valence-electron chi connectivity index (χ4n) is 7.14. The van der Waals surface area contributed by atoms with Gasteiger partial charge in [0.25, 0.3) is 0 Å². The maximum Gasteiger partial charge on any atom is 0.302 e. The Kier molecular flexibility index (Phi) is 4.55. The molecular weight excluding hydrogens is 328 g/mol. The van der Waals surface area contributed by atoms with Crippen LogP contribution in [0.2, 0.25) is 0 Å². The lowest BCUT2D eigenvalue weighted by molar-refractivity contribution is -0.342. The van der Waals surface area contributed by atoms with Gasteiger partial charge in [0, 0.05) is 13.3 Å². The lowest BCUT2D eigenvalue weighted by Gasteiger charge is -2.57. The highest BCUT2D eigenvalue weighted by Crippen LogP contribution is 2.64. The molecular formula is C22H32O4. The number of fused-ring (bicyclic) bond motifs is 5.